The molecule has 0 heterocycles. The van der Waals surface area contributed by atoms with Crippen LogP contribution in [0, 0.1) is 0 Å². The van der Waals surface area contributed by atoms with Crippen LogP contribution in [-0.4, -0.2) is 30.6 Å². The van der Waals surface area contributed by atoms with Crippen LogP contribution in [0.2, 0.25) is 0 Å². The van der Waals surface area contributed by atoms with Crippen LogP contribution in [0.5, 0.6) is 34.5 Å². The lowest BCUT2D eigenvalue weighted by atomic mass is 10.0. The molecule has 0 saturated carbocycles. The van der Waals surface area contributed by atoms with Crippen molar-refractivity contribution in [3.63, 3.8) is 0 Å². The summed E-state index contributed by atoms with van der Waals surface area (Å²) in [7, 11) is 0. The zero-order valence-electron chi connectivity index (χ0n) is 16.8. The Kier molecular flexibility index (Phi) is 6.16. The maximum absolute atomic E-state index is 9.47. The van der Waals surface area contributed by atoms with Crippen molar-refractivity contribution in [3.8, 4) is 56.8 Å². The van der Waals surface area contributed by atoms with E-state index < -0.39 is 0 Å². The van der Waals surface area contributed by atoms with Gasteiger partial charge in [0.05, 0.1) is 11.4 Å². The van der Waals surface area contributed by atoms with Crippen molar-refractivity contribution in [3.05, 3.63) is 72.8 Å². The highest BCUT2D eigenvalue weighted by atomic mass is 16.3. The van der Waals surface area contributed by atoms with Gasteiger partial charge in [0.2, 0.25) is 0 Å². The van der Waals surface area contributed by atoms with Crippen LogP contribution < -0.4 is 11.5 Å². The van der Waals surface area contributed by atoms with Crippen LogP contribution in [0.15, 0.2) is 72.8 Å². The molecule has 0 radical (unpaired) electrons. The predicted molar refractivity (Wildman–Crippen MR) is 123 cm³/mol. The van der Waals surface area contributed by atoms with Gasteiger partial charge in [-0.2, -0.15) is 0 Å². The van der Waals surface area contributed by atoms with Gasteiger partial charge < -0.3 is 42.1 Å². The molecule has 0 bridgehead atoms. The van der Waals surface area contributed by atoms with Crippen LogP contribution in [-0.2, 0) is 0 Å². The lowest BCUT2D eigenvalue weighted by Crippen LogP contribution is -1.88. The molecule has 4 aromatic carbocycles. The third-order valence-corrected chi connectivity index (χ3v) is 4.68. The molecule has 0 fully saturated rings. The maximum Gasteiger partial charge on any atom is 0.158 e. The fourth-order valence-electron chi connectivity index (χ4n) is 2.85. The molecular formula is C24H22N2O6. The van der Waals surface area contributed by atoms with E-state index in [-0.39, 0.29) is 34.5 Å². The molecule has 0 atom stereocenters. The topological polar surface area (TPSA) is 173 Å². The van der Waals surface area contributed by atoms with Gasteiger partial charge in [-0.1, -0.05) is 24.3 Å². The SMILES string of the molecule is Nc1ccc(-c2ccc(N)c(O)c2)cc1O.Oc1ccc(-c2ccc(O)c(O)c2)cc1O. The highest BCUT2D eigenvalue weighted by molar-refractivity contribution is 5.73. The Balaban J connectivity index is 0.000000181. The summed E-state index contributed by atoms with van der Waals surface area (Å²) in [6.45, 7) is 0. The van der Waals surface area contributed by atoms with Crippen LogP contribution >= 0.6 is 0 Å². The fraction of sp³-hybridized carbons (Fsp3) is 0. The molecule has 32 heavy (non-hydrogen) atoms. The van der Waals surface area contributed by atoms with Crippen molar-refractivity contribution in [2.45, 2.75) is 0 Å². The van der Waals surface area contributed by atoms with Gasteiger partial charge in [-0.25, -0.2) is 0 Å². The van der Waals surface area contributed by atoms with Crippen molar-refractivity contribution in [2.24, 2.45) is 0 Å². The minimum atomic E-state index is -0.231. The summed E-state index contributed by atoms with van der Waals surface area (Å²) in [5.41, 5.74) is 14.4. The number of anilines is 2. The summed E-state index contributed by atoms with van der Waals surface area (Å²) in [4.78, 5) is 0. The summed E-state index contributed by atoms with van der Waals surface area (Å²) in [5, 5.41) is 55.9. The first-order valence-electron chi connectivity index (χ1n) is 9.37. The summed E-state index contributed by atoms with van der Waals surface area (Å²) in [6.07, 6.45) is 0. The second-order valence-corrected chi connectivity index (χ2v) is 6.95. The van der Waals surface area contributed by atoms with Crippen LogP contribution in [0.4, 0.5) is 11.4 Å². The average molecular weight is 434 g/mol. The summed E-state index contributed by atoms with van der Waals surface area (Å²) in [6, 6.07) is 18.5. The van der Waals surface area contributed by atoms with Gasteiger partial charge in [-0.05, 0) is 70.8 Å². The Morgan fingerprint density at radius 1 is 0.344 bits per heavy atom. The van der Waals surface area contributed by atoms with Crippen LogP contribution in [0.1, 0.15) is 0 Å². The van der Waals surface area contributed by atoms with Gasteiger partial charge >= 0.3 is 0 Å². The maximum atomic E-state index is 9.47. The first kappa shape index (κ1) is 22.0. The summed E-state index contributed by atoms with van der Waals surface area (Å²) in [5.74, 6) is -0.823. The Morgan fingerprint density at radius 3 is 0.906 bits per heavy atom. The van der Waals surface area contributed by atoms with E-state index in [0.717, 1.165) is 11.1 Å². The zero-order valence-corrected chi connectivity index (χ0v) is 16.8. The van der Waals surface area contributed by atoms with Crippen molar-refractivity contribution in [1.82, 2.24) is 0 Å². The molecule has 0 spiro atoms. The third kappa shape index (κ3) is 4.88. The number of hydrogen-bond acceptors (Lipinski definition) is 8. The van der Waals surface area contributed by atoms with E-state index >= 15 is 0 Å². The standard InChI is InChI=1S/C12H12N2O2.C12H10O4/c2*13-9-3-1-7(5-11(9)15)8-2-4-10(14)12(16)6-8/h1-6,15-16H,13-14H2;1-6,13-16H. The van der Waals surface area contributed by atoms with Crippen molar-refractivity contribution in [2.75, 3.05) is 11.5 Å². The summed E-state index contributed by atoms with van der Waals surface area (Å²) < 4.78 is 0. The molecule has 0 aromatic heterocycles. The number of phenolic OH excluding ortho intramolecular Hbond substituents is 6. The fourth-order valence-corrected chi connectivity index (χ4v) is 2.85. The molecule has 10 N–H and O–H groups in total. The highest BCUT2D eigenvalue weighted by Crippen LogP contribution is 2.34. The Morgan fingerprint density at radius 2 is 0.625 bits per heavy atom. The number of nitrogen functional groups attached to an aromatic ring is 2. The quantitative estimate of drug-likeness (QED) is 0.172. The lowest BCUT2D eigenvalue weighted by Gasteiger charge is -2.06. The largest absolute Gasteiger partial charge is 0.506 e. The van der Waals surface area contributed by atoms with Gasteiger partial charge in [0, 0.05) is 0 Å². The van der Waals surface area contributed by atoms with E-state index in [0.29, 0.717) is 22.5 Å². The predicted octanol–water partition coefficient (Wildman–Crippen LogP) is 4.11. The van der Waals surface area contributed by atoms with Crippen molar-refractivity contribution >= 4 is 11.4 Å². The molecule has 164 valence electrons. The Labute approximate surface area is 183 Å². The molecule has 0 amide bonds. The Bertz CT molecular complexity index is 1080. The molecule has 0 aliphatic rings. The van der Waals surface area contributed by atoms with E-state index in [9.17, 15) is 20.4 Å². The average Bonchev–Trinajstić information content (AvgIpc) is 2.76. The molecule has 4 aromatic rings. The minimum Gasteiger partial charge on any atom is -0.506 e. The molecule has 0 unspecified atom stereocenters. The second kappa shape index (κ2) is 8.97. The van der Waals surface area contributed by atoms with E-state index in [1.807, 2.05) is 0 Å². The highest BCUT2D eigenvalue weighted by Gasteiger charge is 2.06. The van der Waals surface area contributed by atoms with Crippen molar-refractivity contribution < 1.29 is 30.6 Å². The normalized spacial score (nSPS) is 10.2. The zero-order chi connectivity index (χ0) is 23.4. The van der Waals surface area contributed by atoms with Gasteiger partial charge in [0.15, 0.2) is 23.0 Å². The third-order valence-electron chi connectivity index (χ3n) is 4.68. The number of rotatable bonds is 2. The molecule has 8 heteroatoms. The monoisotopic (exact) mass is 434 g/mol. The van der Waals surface area contributed by atoms with E-state index in [1.165, 1.54) is 24.3 Å². The van der Waals surface area contributed by atoms with E-state index in [4.69, 9.17) is 21.7 Å². The second-order valence-electron chi connectivity index (χ2n) is 6.95. The van der Waals surface area contributed by atoms with Crippen molar-refractivity contribution in [1.29, 1.82) is 0 Å². The lowest BCUT2D eigenvalue weighted by molar-refractivity contribution is 0.403. The van der Waals surface area contributed by atoms with E-state index in [1.54, 1.807) is 48.5 Å². The smallest absolute Gasteiger partial charge is 0.158 e. The number of aromatic hydroxyl groups is 6. The molecule has 0 aliphatic carbocycles. The van der Waals surface area contributed by atoms with Gasteiger partial charge in [-0.3, -0.25) is 0 Å². The number of nitrogens with two attached hydrogens (primary N) is 2. The van der Waals surface area contributed by atoms with Crippen LogP contribution in [0.25, 0.3) is 22.3 Å². The first-order chi connectivity index (χ1) is 15.2. The molecule has 4 rings (SSSR count). The minimum absolute atomic E-state index is 0.0221. The van der Waals surface area contributed by atoms with Crippen LogP contribution in [0.3, 0.4) is 0 Å². The van der Waals surface area contributed by atoms with Gasteiger partial charge in [-0.15, -0.1) is 0 Å². The molecule has 8 nitrogen and oxygen atoms in total. The number of hydrogen-bond donors (Lipinski definition) is 8. The summed E-state index contributed by atoms with van der Waals surface area (Å²) >= 11 is 0. The number of benzene rings is 4. The molecule has 0 saturated heterocycles. The number of phenols is 6. The first-order valence-corrected chi connectivity index (χ1v) is 9.37. The molecular weight excluding hydrogens is 412 g/mol. The molecule has 0 aliphatic heterocycles. The van der Waals surface area contributed by atoms with Gasteiger partial charge in [0.1, 0.15) is 11.5 Å². The van der Waals surface area contributed by atoms with Gasteiger partial charge in [0.25, 0.3) is 0 Å². The Hall–Kier alpha value is -4.72. The van der Waals surface area contributed by atoms with E-state index in [2.05, 4.69) is 0 Å².